The van der Waals surface area contributed by atoms with Crippen molar-refractivity contribution < 1.29 is 4.52 Å². The van der Waals surface area contributed by atoms with Crippen LogP contribution >= 0.6 is 15.9 Å². The molecule has 0 radical (unpaired) electrons. The minimum Gasteiger partial charge on any atom is -0.337 e. The molecule has 3 aromatic carbocycles. The van der Waals surface area contributed by atoms with Crippen LogP contribution in [0, 0.1) is 0 Å². The average Bonchev–Trinajstić information content (AvgIpc) is 3.38. The van der Waals surface area contributed by atoms with Crippen LogP contribution in [-0.2, 0) is 0 Å². The summed E-state index contributed by atoms with van der Waals surface area (Å²) in [5, 5.41) is 6.63. The fourth-order valence-corrected chi connectivity index (χ4v) is 3.72. The van der Waals surface area contributed by atoms with Gasteiger partial charge in [-0.25, -0.2) is 10.9 Å². The Morgan fingerprint density at radius 1 is 0.889 bits per heavy atom. The van der Waals surface area contributed by atoms with Gasteiger partial charge in [0.1, 0.15) is 6.04 Å². The summed E-state index contributed by atoms with van der Waals surface area (Å²) < 4.78 is 6.54. The quantitative estimate of drug-likeness (QED) is 0.491. The number of rotatable bonds is 3. The van der Waals surface area contributed by atoms with Crippen molar-refractivity contribution in [2.24, 2.45) is 0 Å². The molecule has 0 spiro atoms. The van der Waals surface area contributed by atoms with Crippen LogP contribution < -0.4 is 10.9 Å². The van der Waals surface area contributed by atoms with Crippen LogP contribution in [0.2, 0.25) is 0 Å². The van der Waals surface area contributed by atoms with E-state index in [0.29, 0.717) is 11.7 Å². The Labute approximate surface area is 164 Å². The molecule has 2 heterocycles. The molecule has 0 bridgehead atoms. The largest absolute Gasteiger partial charge is 0.337 e. The molecular weight excluding hydrogens is 404 g/mol. The summed E-state index contributed by atoms with van der Waals surface area (Å²) in [6.07, 6.45) is 0.848. The zero-order chi connectivity index (χ0) is 18.2. The maximum absolute atomic E-state index is 5.51. The van der Waals surface area contributed by atoms with Gasteiger partial charge in [0, 0.05) is 16.1 Å². The molecule has 5 nitrogen and oxygen atoms in total. The van der Waals surface area contributed by atoms with E-state index in [-0.39, 0.29) is 12.1 Å². The molecule has 1 saturated heterocycles. The van der Waals surface area contributed by atoms with Crippen LogP contribution in [0.1, 0.15) is 30.0 Å². The predicted octanol–water partition coefficient (Wildman–Crippen LogP) is 4.93. The first kappa shape index (κ1) is 16.6. The standard InChI is InChI=1S/C21H17BrN4O/c22-17-9-7-14(8-10-17)20-23-21(27-26-20)19-12-18(24-25-19)16-6-5-13-3-1-2-4-15(13)11-16/h1-11,18-19,24-25H,12H2. The molecule has 4 aromatic rings. The highest BCUT2D eigenvalue weighted by Gasteiger charge is 2.30. The molecule has 2 atom stereocenters. The minimum atomic E-state index is -0.0156. The van der Waals surface area contributed by atoms with E-state index in [1.165, 1.54) is 16.3 Å². The molecule has 2 N–H and O–H groups in total. The molecule has 2 unspecified atom stereocenters. The van der Waals surface area contributed by atoms with Crippen LogP contribution in [0.5, 0.6) is 0 Å². The van der Waals surface area contributed by atoms with Crippen LogP contribution in [0.3, 0.4) is 0 Å². The fourth-order valence-electron chi connectivity index (χ4n) is 3.45. The van der Waals surface area contributed by atoms with Gasteiger partial charge in [-0.2, -0.15) is 4.98 Å². The molecule has 27 heavy (non-hydrogen) atoms. The Morgan fingerprint density at radius 2 is 1.67 bits per heavy atom. The van der Waals surface area contributed by atoms with Crippen LogP contribution in [-0.4, -0.2) is 10.1 Å². The molecule has 0 amide bonds. The van der Waals surface area contributed by atoms with Gasteiger partial charge in [-0.3, -0.25) is 0 Å². The number of benzene rings is 3. The zero-order valence-corrected chi connectivity index (χ0v) is 16.0. The number of fused-ring (bicyclic) bond motifs is 1. The highest BCUT2D eigenvalue weighted by Crippen LogP contribution is 2.32. The highest BCUT2D eigenvalue weighted by molar-refractivity contribution is 9.10. The van der Waals surface area contributed by atoms with Gasteiger partial charge >= 0.3 is 0 Å². The molecule has 0 aliphatic carbocycles. The number of nitrogens with one attached hydrogen (secondary N) is 2. The number of hydrogen-bond acceptors (Lipinski definition) is 5. The third kappa shape index (κ3) is 3.27. The number of hydrazine groups is 1. The lowest BCUT2D eigenvalue weighted by atomic mass is 9.99. The Morgan fingerprint density at radius 3 is 2.52 bits per heavy atom. The van der Waals surface area contributed by atoms with Crippen molar-refractivity contribution >= 4 is 26.7 Å². The van der Waals surface area contributed by atoms with Crippen molar-refractivity contribution in [2.75, 3.05) is 0 Å². The number of hydrogen-bond donors (Lipinski definition) is 2. The number of nitrogens with zero attached hydrogens (tertiary/aromatic N) is 2. The van der Waals surface area contributed by atoms with Gasteiger partial charge in [-0.1, -0.05) is 57.5 Å². The lowest BCUT2D eigenvalue weighted by Crippen LogP contribution is -2.26. The Bertz CT molecular complexity index is 1090. The summed E-state index contributed by atoms with van der Waals surface area (Å²) in [7, 11) is 0. The van der Waals surface area contributed by atoms with Crippen LogP contribution in [0.4, 0.5) is 0 Å². The first-order valence-corrected chi connectivity index (χ1v) is 9.65. The predicted molar refractivity (Wildman–Crippen MR) is 108 cm³/mol. The maximum Gasteiger partial charge on any atom is 0.245 e. The van der Waals surface area contributed by atoms with Crippen LogP contribution in [0.25, 0.3) is 22.2 Å². The van der Waals surface area contributed by atoms with E-state index in [1.54, 1.807) is 0 Å². The van der Waals surface area contributed by atoms with Crippen molar-refractivity contribution in [3.8, 4) is 11.4 Å². The first-order valence-electron chi connectivity index (χ1n) is 8.85. The first-order chi connectivity index (χ1) is 13.3. The summed E-state index contributed by atoms with van der Waals surface area (Å²) in [5.74, 6) is 1.21. The van der Waals surface area contributed by atoms with Crippen molar-refractivity contribution in [3.63, 3.8) is 0 Å². The molecule has 0 saturated carbocycles. The molecule has 5 rings (SSSR count). The van der Waals surface area contributed by atoms with Crippen molar-refractivity contribution in [3.05, 3.63) is 82.7 Å². The third-order valence-electron chi connectivity index (χ3n) is 4.92. The maximum atomic E-state index is 5.51. The zero-order valence-electron chi connectivity index (χ0n) is 14.4. The lowest BCUT2D eigenvalue weighted by Gasteiger charge is -2.10. The second-order valence-electron chi connectivity index (χ2n) is 6.70. The topological polar surface area (TPSA) is 63.0 Å². The van der Waals surface area contributed by atoms with E-state index < -0.39 is 0 Å². The second-order valence-corrected chi connectivity index (χ2v) is 7.61. The van der Waals surface area contributed by atoms with Crippen molar-refractivity contribution in [1.82, 2.24) is 21.0 Å². The molecule has 1 fully saturated rings. The van der Waals surface area contributed by atoms with E-state index in [1.807, 2.05) is 24.3 Å². The summed E-state index contributed by atoms with van der Waals surface area (Å²) in [4.78, 5) is 4.57. The van der Waals surface area contributed by atoms with Gasteiger partial charge in [-0.15, -0.1) is 0 Å². The molecule has 6 heteroatoms. The van der Waals surface area contributed by atoms with E-state index in [4.69, 9.17) is 4.52 Å². The Kier molecular flexibility index (Phi) is 4.24. The molecule has 1 aliphatic rings. The van der Waals surface area contributed by atoms with Gasteiger partial charge in [0.15, 0.2) is 0 Å². The lowest BCUT2D eigenvalue weighted by molar-refractivity contribution is 0.340. The minimum absolute atomic E-state index is 0.0156. The molecule has 1 aliphatic heterocycles. The van der Waals surface area contributed by atoms with E-state index in [9.17, 15) is 0 Å². The van der Waals surface area contributed by atoms with Gasteiger partial charge in [0.25, 0.3) is 0 Å². The Balaban J connectivity index is 1.35. The summed E-state index contributed by atoms with van der Waals surface area (Å²) >= 11 is 3.44. The van der Waals surface area contributed by atoms with Gasteiger partial charge in [0.05, 0.1) is 0 Å². The molecule has 1 aromatic heterocycles. The fraction of sp³-hybridized carbons (Fsp3) is 0.143. The molecular formula is C21H17BrN4O. The Hall–Kier alpha value is -2.54. The molecule has 134 valence electrons. The van der Waals surface area contributed by atoms with Gasteiger partial charge < -0.3 is 4.52 Å². The van der Waals surface area contributed by atoms with Crippen LogP contribution in [0.15, 0.2) is 75.7 Å². The summed E-state index contributed by atoms with van der Waals surface area (Å²) in [6.45, 7) is 0. The van der Waals surface area contributed by atoms with E-state index in [0.717, 1.165) is 16.5 Å². The smallest absolute Gasteiger partial charge is 0.245 e. The number of aromatic nitrogens is 2. The van der Waals surface area contributed by atoms with E-state index in [2.05, 4.69) is 79.4 Å². The highest BCUT2D eigenvalue weighted by atomic mass is 79.9. The number of halogens is 1. The third-order valence-corrected chi connectivity index (χ3v) is 5.45. The van der Waals surface area contributed by atoms with Crippen molar-refractivity contribution in [2.45, 2.75) is 18.5 Å². The van der Waals surface area contributed by atoms with E-state index >= 15 is 0 Å². The monoisotopic (exact) mass is 420 g/mol. The van der Waals surface area contributed by atoms with Gasteiger partial charge in [0.2, 0.25) is 11.7 Å². The summed E-state index contributed by atoms with van der Waals surface area (Å²) in [6, 6.07) is 23.0. The second kappa shape index (κ2) is 6.88. The van der Waals surface area contributed by atoms with Crippen molar-refractivity contribution in [1.29, 1.82) is 0 Å². The average molecular weight is 421 g/mol. The summed E-state index contributed by atoms with van der Waals surface area (Å²) in [5.41, 5.74) is 8.83. The van der Waals surface area contributed by atoms with Gasteiger partial charge in [-0.05, 0) is 53.1 Å². The SMILES string of the molecule is Brc1ccc(-c2noc(C3CC(c4ccc5ccccc5c4)NN3)n2)cc1. The normalized spacial score (nSPS) is 19.6.